The molecule has 1 N–H and O–H groups in total. The third kappa shape index (κ3) is 2.19. The largest absolute Gasteiger partial charge is 0.361 e. The minimum absolute atomic E-state index is 0.194. The van der Waals surface area contributed by atoms with Gasteiger partial charge in [0.25, 0.3) is 0 Å². The molecule has 0 fully saturated rings. The summed E-state index contributed by atoms with van der Waals surface area (Å²) >= 11 is 0. The van der Waals surface area contributed by atoms with E-state index in [-0.39, 0.29) is 10.8 Å². The van der Waals surface area contributed by atoms with Crippen LogP contribution in [0.25, 0.3) is 10.9 Å². The zero-order valence-corrected chi connectivity index (χ0v) is 12.5. The fourth-order valence-electron chi connectivity index (χ4n) is 2.37. The topological polar surface area (TPSA) is 15.8 Å². The Morgan fingerprint density at radius 2 is 1.72 bits per heavy atom. The van der Waals surface area contributed by atoms with Gasteiger partial charge in [0, 0.05) is 17.1 Å². The van der Waals surface area contributed by atoms with Gasteiger partial charge < -0.3 is 4.98 Å². The van der Waals surface area contributed by atoms with Crippen molar-refractivity contribution >= 4 is 10.9 Å². The second-order valence-electron chi connectivity index (χ2n) is 6.95. The maximum absolute atomic E-state index is 3.43. The molecular formula is C17H25N. The molecule has 0 radical (unpaired) electrons. The zero-order chi connectivity index (χ0) is 13.6. The van der Waals surface area contributed by atoms with Gasteiger partial charge in [0.2, 0.25) is 0 Å². The summed E-state index contributed by atoms with van der Waals surface area (Å²) < 4.78 is 0. The van der Waals surface area contributed by atoms with Crippen molar-refractivity contribution in [3.8, 4) is 0 Å². The lowest BCUT2D eigenvalue weighted by atomic mass is 9.81. The van der Waals surface area contributed by atoms with Gasteiger partial charge in [-0.15, -0.1) is 0 Å². The fourth-order valence-corrected chi connectivity index (χ4v) is 2.37. The van der Waals surface area contributed by atoms with Crippen LogP contribution >= 0.6 is 0 Å². The van der Waals surface area contributed by atoms with E-state index < -0.39 is 0 Å². The van der Waals surface area contributed by atoms with Crippen LogP contribution in [-0.4, -0.2) is 4.98 Å². The third-order valence-electron chi connectivity index (χ3n) is 4.16. The minimum Gasteiger partial charge on any atom is -0.361 e. The van der Waals surface area contributed by atoms with E-state index in [1.165, 1.54) is 22.0 Å². The molecule has 18 heavy (non-hydrogen) atoms. The first kappa shape index (κ1) is 13.2. The van der Waals surface area contributed by atoms with Crippen LogP contribution < -0.4 is 0 Å². The average molecular weight is 243 g/mol. The molecule has 1 nitrogen and oxygen atoms in total. The van der Waals surface area contributed by atoms with Crippen LogP contribution in [0.15, 0.2) is 24.4 Å². The van der Waals surface area contributed by atoms with E-state index in [1.807, 2.05) is 0 Å². The summed E-state index contributed by atoms with van der Waals surface area (Å²) in [7, 11) is 0. The molecule has 0 aliphatic carbocycles. The molecule has 1 aromatic heterocycles. The first-order valence-corrected chi connectivity index (χ1v) is 6.88. The maximum Gasteiger partial charge on any atom is 0.0459 e. The highest BCUT2D eigenvalue weighted by Crippen LogP contribution is 2.33. The van der Waals surface area contributed by atoms with E-state index in [9.17, 15) is 0 Å². The van der Waals surface area contributed by atoms with E-state index >= 15 is 0 Å². The number of aromatic nitrogens is 1. The highest BCUT2D eigenvalue weighted by atomic mass is 14.7. The van der Waals surface area contributed by atoms with Gasteiger partial charge >= 0.3 is 0 Å². The van der Waals surface area contributed by atoms with Crippen LogP contribution in [0.5, 0.6) is 0 Å². The van der Waals surface area contributed by atoms with Gasteiger partial charge in [-0.25, -0.2) is 0 Å². The molecule has 0 unspecified atom stereocenters. The van der Waals surface area contributed by atoms with Crippen molar-refractivity contribution in [3.63, 3.8) is 0 Å². The summed E-state index contributed by atoms with van der Waals surface area (Å²) in [5.74, 6) is 0. The average Bonchev–Trinajstić information content (AvgIpc) is 2.71. The van der Waals surface area contributed by atoms with Crippen molar-refractivity contribution < 1.29 is 0 Å². The Kier molecular flexibility index (Phi) is 3.04. The Hall–Kier alpha value is -1.24. The molecule has 0 saturated carbocycles. The molecule has 0 atom stereocenters. The molecule has 0 bridgehead atoms. The first-order chi connectivity index (χ1) is 8.25. The van der Waals surface area contributed by atoms with Crippen LogP contribution in [0.4, 0.5) is 0 Å². The smallest absolute Gasteiger partial charge is 0.0459 e. The van der Waals surface area contributed by atoms with E-state index in [0.29, 0.717) is 0 Å². The summed E-state index contributed by atoms with van der Waals surface area (Å²) in [4.78, 5) is 3.43. The molecule has 1 aromatic carbocycles. The predicted molar refractivity (Wildman–Crippen MR) is 80.3 cm³/mol. The molecule has 0 aliphatic rings. The van der Waals surface area contributed by atoms with Crippen LogP contribution in [0.2, 0.25) is 0 Å². The molecule has 0 aliphatic heterocycles. The third-order valence-corrected chi connectivity index (χ3v) is 4.16. The van der Waals surface area contributed by atoms with Gasteiger partial charge in [-0.2, -0.15) is 0 Å². The molecular weight excluding hydrogens is 218 g/mol. The Morgan fingerprint density at radius 1 is 1.06 bits per heavy atom. The van der Waals surface area contributed by atoms with Crippen molar-refractivity contribution in [2.24, 2.45) is 0 Å². The highest BCUT2D eigenvalue weighted by molar-refractivity contribution is 5.85. The lowest BCUT2D eigenvalue weighted by Gasteiger charge is -2.23. The number of hydrogen-bond donors (Lipinski definition) is 1. The first-order valence-electron chi connectivity index (χ1n) is 6.88. The minimum atomic E-state index is 0.194. The Bertz CT molecular complexity index is 552. The maximum atomic E-state index is 3.43. The zero-order valence-electron chi connectivity index (χ0n) is 12.5. The SMILES string of the molecule is CCC(C)(C)c1ccc2c(C(C)(C)C)c[nH]c2c1. The Balaban J connectivity index is 2.56. The molecule has 98 valence electrons. The van der Waals surface area contributed by atoms with Crippen LogP contribution in [0.3, 0.4) is 0 Å². The van der Waals surface area contributed by atoms with Gasteiger partial charge in [-0.1, -0.05) is 53.7 Å². The Morgan fingerprint density at radius 3 is 2.28 bits per heavy atom. The van der Waals surface area contributed by atoms with Crippen LogP contribution in [0, 0.1) is 0 Å². The number of H-pyrrole nitrogens is 1. The van der Waals surface area contributed by atoms with Crippen LogP contribution in [0.1, 0.15) is 59.1 Å². The highest BCUT2D eigenvalue weighted by Gasteiger charge is 2.21. The summed E-state index contributed by atoms with van der Waals surface area (Å²) in [6.07, 6.45) is 3.32. The Labute approximate surface area is 111 Å². The number of fused-ring (bicyclic) bond motifs is 1. The second-order valence-corrected chi connectivity index (χ2v) is 6.95. The standard InChI is InChI=1S/C17H25N/c1-7-17(5,6)12-8-9-13-14(16(2,3)4)11-18-15(13)10-12/h8-11,18H,7H2,1-6H3. The molecule has 2 aromatic rings. The second kappa shape index (κ2) is 4.15. The number of benzene rings is 1. The van der Waals surface area contributed by atoms with Crippen molar-refractivity contribution in [1.82, 2.24) is 4.98 Å². The lowest BCUT2D eigenvalue weighted by Crippen LogP contribution is -2.15. The van der Waals surface area contributed by atoms with Crippen molar-refractivity contribution in [2.45, 2.75) is 58.8 Å². The van der Waals surface area contributed by atoms with Crippen molar-refractivity contribution in [2.75, 3.05) is 0 Å². The monoisotopic (exact) mass is 243 g/mol. The summed E-state index contributed by atoms with van der Waals surface area (Å²) in [6.45, 7) is 13.7. The van der Waals surface area contributed by atoms with Crippen LogP contribution in [-0.2, 0) is 10.8 Å². The lowest BCUT2D eigenvalue weighted by molar-refractivity contribution is 0.507. The summed E-state index contributed by atoms with van der Waals surface area (Å²) in [6, 6.07) is 6.88. The molecule has 2 rings (SSSR count). The van der Waals surface area contributed by atoms with E-state index in [2.05, 4.69) is 70.9 Å². The molecule has 0 amide bonds. The van der Waals surface area contributed by atoms with Gasteiger partial charge in [0.15, 0.2) is 0 Å². The van der Waals surface area contributed by atoms with Gasteiger partial charge in [0.1, 0.15) is 0 Å². The quantitative estimate of drug-likeness (QED) is 0.750. The number of rotatable bonds is 2. The van der Waals surface area contributed by atoms with E-state index in [4.69, 9.17) is 0 Å². The summed E-state index contributed by atoms with van der Waals surface area (Å²) in [5.41, 5.74) is 4.53. The van der Waals surface area contributed by atoms with Crippen molar-refractivity contribution in [1.29, 1.82) is 0 Å². The van der Waals surface area contributed by atoms with Gasteiger partial charge in [0.05, 0.1) is 0 Å². The normalized spacial score (nSPS) is 13.2. The van der Waals surface area contributed by atoms with E-state index in [1.54, 1.807) is 0 Å². The van der Waals surface area contributed by atoms with Gasteiger partial charge in [-0.05, 0) is 34.4 Å². The number of hydrogen-bond acceptors (Lipinski definition) is 0. The number of aromatic amines is 1. The molecule has 1 heterocycles. The van der Waals surface area contributed by atoms with Crippen molar-refractivity contribution in [3.05, 3.63) is 35.5 Å². The molecule has 0 saturated heterocycles. The van der Waals surface area contributed by atoms with E-state index in [0.717, 1.165) is 6.42 Å². The molecule has 0 spiro atoms. The number of nitrogens with one attached hydrogen (secondary N) is 1. The molecule has 1 heteroatoms. The summed E-state index contributed by atoms with van der Waals surface area (Å²) in [5, 5.41) is 1.36. The fraction of sp³-hybridized carbons (Fsp3) is 0.529. The van der Waals surface area contributed by atoms with Gasteiger partial charge in [-0.3, -0.25) is 0 Å². The predicted octanol–water partition coefficient (Wildman–Crippen LogP) is 5.15.